The molecule has 1 aliphatic heterocycles. The largest absolute Gasteiger partial charge is 0.480 e. The fourth-order valence-corrected chi connectivity index (χ4v) is 6.87. The number of nitrogens with one attached hydrogen (secondary N) is 1. The van der Waals surface area contributed by atoms with Crippen LogP contribution in [0.3, 0.4) is 0 Å². The van der Waals surface area contributed by atoms with Gasteiger partial charge in [0.25, 0.3) is 10.0 Å². The summed E-state index contributed by atoms with van der Waals surface area (Å²) in [6.45, 7) is 1.56. The molecule has 9 nitrogen and oxygen atoms in total. The number of piperidine rings is 1. The second-order valence-corrected chi connectivity index (χ2v) is 11.6. The third-order valence-corrected chi connectivity index (χ3v) is 9.06. The fourth-order valence-electron chi connectivity index (χ4n) is 4.91. The van der Waals surface area contributed by atoms with Crippen LogP contribution in [0.4, 0.5) is 11.4 Å². The van der Waals surface area contributed by atoms with Crippen LogP contribution < -0.4 is 20.4 Å². The molecule has 4 rings (SSSR count). The monoisotopic (exact) mass is 569 g/mol. The van der Waals surface area contributed by atoms with Crippen molar-refractivity contribution in [3.63, 3.8) is 0 Å². The van der Waals surface area contributed by atoms with Crippen LogP contribution in [0.15, 0.2) is 88.9 Å². The first-order valence-electron chi connectivity index (χ1n) is 12.6. The summed E-state index contributed by atoms with van der Waals surface area (Å²) >= 11 is 6.37. The summed E-state index contributed by atoms with van der Waals surface area (Å²) in [5.41, 5.74) is 1.62. The zero-order chi connectivity index (χ0) is 27.8. The van der Waals surface area contributed by atoms with Crippen molar-refractivity contribution < 1.29 is 18.3 Å². The minimum Gasteiger partial charge on any atom is -0.480 e. The summed E-state index contributed by atoms with van der Waals surface area (Å²) < 4.78 is 29.6. The van der Waals surface area contributed by atoms with E-state index in [0.717, 1.165) is 18.5 Å². The van der Waals surface area contributed by atoms with Crippen molar-refractivity contribution in [2.45, 2.75) is 17.9 Å². The number of para-hydroxylation sites is 2. The summed E-state index contributed by atoms with van der Waals surface area (Å²) in [4.78, 5) is 13.7. The SMILES string of the molecule is N/N=C\C1CNCCC1CN(CC(=O)O)c1ccccc1N(Cc1ccccc1)S(=O)(=O)c1ccccc1Cl. The normalized spacial score (nSPS) is 17.7. The summed E-state index contributed by atoms with van der Waals surface area (Å²) in [5.74, 6) is 4.50. The summed E-state index contributed by atoms with van der Waals surface area (Å²) in [5, 5.41) is 17.0. The van der Waals surface area contributed by atoms with Gasteiger partial charge in [-0.2, -0.15) is 5.10 Å². The molecule has 2 atom stereocenters. The number of sulfonamides is 1. The molecule has 0 aromatic heterocycles. The molecular formula is C28H32ClN5O4S. The van der Waals surface area contributed by atoms with E-state index in [1.165, 1.54) is 16.4 Å². The van der Waals surface area contributed by atoms with Gasteiger partial charge in [-0.3, -0.25) is 9.10 Å². The number of aliphatic carboxylic acids is 1. The number of anilines is 2. The second kappa shape index (κ2) is 13.0. The van der Waals surface area contributed by atoms with Gasteiger partial charge in [0.05, 0.1) is 22.9 Å². The molecule has 1 aliphatic rings. The third kappa shape index (κ3) is 6.89. The number of rotatable bonds is 11. The van der Waals surface area contributed by atoms with Crippen molar-refractivity contribution in [2.75, 3.05) is 35.4 Å². The Bertz CT molecular complexity index is 1400. The minimum absolute atomic E-state index is 0.0134. The van der Waals surface area contributed by atoms with Crippen molar-refractivity contribution in [2.24, 2.45) is 22.8 Å². The van der Waals surface area contributed by atoms with E-state index in [9.17, 15) is 18.3 Å². The van der Waals surface area contributed by atoms with Crippen LogP contribution in [0.1, 0.15) is 12.0 Å². The Labute approximate surface area is 233 Å². The molecule has 4 N–H and O–H groups in total. The maximum Gasteiger partial charge on any atom is 0.323 e. The van der Waals surface area contributed by atoms with Crippen LogP contribution in [-0.4, -0.2) is 51.9 Å². The predicted molar refractivity (Wildman–Crippen MR) is 155 cm³/mol. The van der Waals surface area contributed by atoms with Gasteiger partial charge < -0.3 is 21.2 Å². The molecule has 1 fully saturated rings. The minimum atomic E-state index is -4.14. The second-order valence-electron chi connectivity index (χ2n) is 9.41. The van der Waals surface area contributed by atoms with Crippen molar-refractivity contribution in [3.8, 4) is 0 Å². The smallest absolute Gasteiger partial charge is 0.323 e. The molecule has 0 amide bonds. The molecule has 2 unspecified atom stereocenters. The number of benzene rings is 3. The number of halogens is 1. The van der Waals surface area contributed by atoms with Crippen molar-refractivity contribution >= 4 is 45.2 Å². The average Bonchev–Trinajstić information content (AvgIpc) is 2.93. The number of carboxylic acids is 1. The van der Waals surface area contributed by atoms with Crippen molar-refractivity contribution in [1.82, 2.24) is 5.32 Å². The number of nitrogens with zero attached hydrogens (tertiary/aromatic N) is 3. The van der Waals surface area contributed by atoms with Gasteiger partial charge in [0, 0.05) is 25.2 Å². The summed E-state index contributed by atoms with van der Waals surface area (Å²) in [6.07, 6.45) is 2.48. The van der Waals surface area contributed by atoms with Gasteiger partial charge in [0.1, 0.15) is 11.4 Å². The maximum absolute atomic E-state index is 14.1. The highest BCUT2D eigenvalue weighted by molar-refractivity contribution is 7.93. The lowest BCUT2D eigenvalue weighted by atomic mass is 9.86. The van der Waals surface area contributed by atoms with Gasteiger partial charge in [-0.15, -0.1) is 0 Å². The molecule has 1 heterocycles. The molecule has 11 heteroatoms. The lowest BCUT2D eigenvalue weighted by molar-refractivity contribution is -0.135. The first kappa shape index (κ1) is 28.4. The fraction of sp³-hybridized carbons (Fsp3) is 0.286. The highest BCUT2D eigenvalue weighted by Gasteiger charge is 2.32. The van der Waals surface area contributed by atoms with E-state index in [1.54, 1.807) is 47.5 Å². The standard InChI is InChI=1S/C28H32ClN5O4S/c29-24-10-4-7-13-27(24)39(37,38)34(18-21-8-2-1-3-9-21)26-12-6-5-11-25(26)33(20-28(35)36)19-22-14-15-31-16-23(22)17-32-30/h1-13,17,22-23,31H,14-16,18-20,30H2,(H,35,36)/b32-17-. The summed E-state index contributed by atoms with van der Waals surface area (Å²) in [6, 6.07) is 22.5. The Morgan fingerprint density at radius 3 is 2.41 bits per heavy atom. The highest BCUT2D eigenvalue weighted by Crippen LogP contribution is 2.37. The van der Waals surface area contributed by atoms with Gasteiger partial charge in [-0.25, -0.2) is 8.42 Å². The molecule has 3 aromatic carbocycles. The van der Waals surface area contributed by atoms with E-state index >= 15 is 0 Å². The average molecular weight is 570 g/mol. The summed E-state index contributed by atoms with van der Waals surface area (Å²) in [7, 11) is -4.14. The van der Waals surface area contributed by atoms with E-state index in [2.05, 4.69) is 10.4 Å². The third-order valence-electron chi connectivity index (χ3n) is 6.80. The molecule has 3 aromatic rings. The molecule has 0 aliphatic carbocycles. The predicted octanol–water partition coefficient (Wildman–Crippen LogP) is 3.80. The number of carbonyl (C=O) groups is 1. The van der Waals surface area contributed by atoms with Gasteiger partial charge >= 0.3 is 5.97 Å². The first-order valence-corrected chi connectivity index (χ1v) is 14.4. The molecule has 0 radical (unpaired) electrons. The first-order chi connectivity index (χ1) is 18.8. The van der Waals surface area contributed by atoms with Crippen LogP contribution in [0.5, 0.6) is 0 Å². The lowest BCUT2D eigenvalue weighted by Crippen LogP contribution is -2.45. The number of hydrogen-bond acceptors (Lipinski definition) is 7. The van der Waals surface area contributed by atoms with Crippen LogP contribution >= 0.6 is 11.6 Å². The van der Waals surface area contributed by atoms with Gasteiger partial charge in [-0.1, -0.05) is 66.2 Å². The maximum atomic E-state index is 14.1. The number of nitrogens with two attached hydrogens (primary N) is 1. The quantitative estimate of drug-likeness (QED) is 0.182. The topological polar surface area (TPSA) is 128 Å². The van der Waals surface area contributed by atoms with Crippen molar-refractivity contribution in [1.29, 1.82) is 0 Å². The van der Waals surface area contributed by atoms with Gasteiger partial charge in [-0.05, 0) is 48.7 Å². The Morgan fingerprint density at radius 2 is 1.72 bits per heavy atom. The molecule has 0 spiro atoms. The van der Waals surface area contributed by atoms with E-state index in [0.29, 0.717) is 24.5 Å². The van der Waals surface area contributed by atoms with Gasteiger partial charge in [0.2, 0.25) is 0 Å². The molecule has 0 saturated carbocycles. The van der Waals surface area contributed by atoms with E-state index in [4.69, 9.17) is 17.4 Å². The molecule has 206 valence electrons. The Balaban J connectivity index is 1.82. The Hall–Kier alpha value is -3.60. The van der Waals surface area contributed by atoms with E-state index in [1.807, 2.05) is 30.3 Å². The molecule has 1 saturated heterocycles. The molecule has 39 heavy (non-hydrogen) atoms. The highest BCUT2D eigenvalue weighted by atomic mass is 35.5. The number of hydrazone groups is 1. The zero-order valence-electron chi connectivity index (χ0n) is 21.4. The van der Waals surface area contributed by atoms with Crippen LogP contribution in [0.2, 0.25) is 5.02 Å². The van der Waals surface area contributed by atoms with Crippen LogP contribution in [0.25, 0.3) is 0 Å². The molecular weight excluding hydrogens is 538 g/mol. The molecule has 0 bridgehead atoms. The van der Waals surface area contributed by atoms with Crippen molar-refractivity contribution in [3.05, 3.63) is 89.4 Å². The number of hydrogen-bond donors (Lipinski definition) is 3. The van der Waals surface area contributed by atoms with E-state index < -0.39 is 16.0 Å². The number of carboxylic acid groups (broad SMARTS) is 1. The lowest BCUT2D eigenvalue weighted by Gasteiger charge is -2.36. The Kier molecular flexibility index (Phi) is 9.45. The van der Waals surface area contributed by atoms with Crippen LogP contribution in [-0.2, 0) is 21.4 Å². The van der Waals surface area contributed by atoms with Gasteiger partial charge in [0.15, 0.2) is 0 Å². The van der Waals surface area contributed by atoms with Crippen LogP contribution in [0, 0.1) is 11.8 Å². The Morgan fingerprint density at radius 1 is 1.05 bits per heavy atom. The zero-order valence-corrected chi connectivity index (χ0v) is 22.9. The van der Waals surface area contributed by atoms with E-state index in [-0.39, 0.29) is 34.8 Å².